The number of pyridine rings is 1. The maximum atomic E-state index is 13.4. The average Bonchev–Trinajstić information content (AvgIpc) is 2.31. The Morgan fingerprint density at radius 3 is 2.71 bits per heavy atom. The summed E-state index contributed by atoms with van der Waals surface area (Å²) >= 11 is 0. The van der Waals surface area contributed by atoms with Crippen LogP contribution in [0.3, 0.4) is 0 Å². The van der Waals surface area contributed by atoms with Gasteiger partial charge >= 0.3 is 0 Å². The summed E-state index contributed by atoms with van der Waals surface area (Å²) in [5.74, 6) is 0.259. The highest BCUT2D eigenvalue weighted by Crippen LogP contribution is 2.31. The molecule has 5 heteroatoms. The number of rotatable bonds is 2. The fourth-order valence-electron chi connectivity index (χ4n) is 1.58. The zero-order valence-electron chi connectivity index (χ0n) is 9.27. The molecule has 0 saturated heterocycles. The van der Waals surface area contributed by atoms with Crippen molar-refractivity contribution >= 4 is 11.5 Å². The molecule has 88 valence electrons. The van der Waals surface area contributed by atoms with Gasteiger partial charge in [-0.2, -0.15) is 0 Å². The summed E-state index contributed by atoms with van der Waals surface area (Å²) in [6.07, 6.45) is 1.53. The fraction of sp³-hybridized carbons (Fsp3) is 0.0833. The number of nitrogen functional groups attached to an aromatic ring is 2. The van der Waals surface area contributed by atoms with Crippen LogP contribution in [0.25, 0.3) is 11.1 Å². The maximum absolute atomic E-state index is 13.4. The number of ether oxygens (including phenoxy) is 1. The number of methoxy groups -OCH3 is 1. The first-order chi connectivity index (χ1) is 8.11. The van der Waals surface area contributed by atoms with Crippen molar-refractivity contribution in [1.29, 1.82) is 0 Å². The summed E-state index contributed by atoms with van der Waals surface area (Å²) in [6.45, 7) is 0. The van der Waals surface area contributed by atoms with Crippen molar-refractivity contribution in [2.75, 3.05) is 18.6 Å². The van der Waals surface area contributed by atoms with Crippen molar-refractivity contribution in [3.05, 3.63) is 36.3 Å². The van der Waals surface area contributed by atoms with Crippen molar-refractivity contribution in [2.24, 2.45) is 0 Å². The largest absolute Gasteiger partial charge is 0.497 e. The van der Waals surface area contributed by atoms with E-state index in [1.54, 1.807) is 12.1 Å². The smallest absolute Gasteiger partial charge is 0.147 e. The third-order valence-electron chi connectivity index (χ3n) is 2.44. The summed E-state index contributed by atoms with van der Waals surface area (Å²) in [5, 5.41) is 0. The van der Waals surface area contributed by atoms with Gasteiger partial charge in [0.2, 0.25) is 0 Å². The molecule has 0 radical (unpaired) electrons. The van der Waals surface area contributed by atoms with Gasteiger partial charge < -0.3 is 16.2 Å². The molecule has 0 spiro atoms. The molecular weight excluding hydrogens is 221 g/mol. The van der Waals surface area contributed by atoms with E-state index in [-0.39, 0.29) is 5.82 Å². The quantitative estimate of drug-likeness (QED) is 0.832. The second-order valence-electron chi connectivity index (χ2n) is 3.54. The molecule has 17 heavy (non-hydrogen) atoms. The minimum atomic E-state index is -0.394. The van der Waals surface area contributed by atoms with Gasteiger partial charge in [-0.15, -0.1) is 0 Å². The van der Waals surface area contributed by atoms with Gasteiger partial charge in [0, 0.05) is 17.8 Å². The van der Waals surface area contributed by atoms with Gasteiger partial charge in [-0.05, 0) is 23.8 Å². The number of aromatic nitrogens is 1. The van der Waals surface area contributed by atoms with Crippen molar-refractivity contribution in [3.63, 3.8) is 0 Å². The van der Waals surface area contributed by atoms with E-state index in [1.165, 1.54) is 25.4 Å². The molecule has 0 aliphatic heterocycles. The normalized spacial score (nSPS) is 10.2. The van der Waals surface area contributed by atoms with E-state index in [2.05, 4.69) is 4.98 Å². The van der Waals surface area contributed by atoms with E-state index >= 15 is 0 Å². The van der Waals surface area contributed by atoms with Gasteiger partial charge in [-0.3, -0.25) is 0 Å². The third-order valence-corrected chi connectivity index (χ3v) is 2.44. The molecule has 4 N–H and O–H groups in total. The highest BCUT2D eigenvalue weighted by Gasteiger charge is 2.08. The molecule has 0 atom stereocenters. The molecule has 1 heterocycles. The fourth-order valence-corrected chi connectivity index (χ4v) is 1.58. The molecular formula is C12H12FN3O. The molecule has 2 aromatic rings. The molecule has 0 saturated carbocycles. The minimum Gasteiger partial charge on any atom is -0.497 e. The van der Waals surface area contributed by atoms with Gasteiger partial charge in [0.05, 0.1) is 12.8 Å². The van der Waals surface area contributed by atoms with Crippen LogP contribution in [0.2, 0.25) is 0 Å². The molecule has 0 bridgehead atoms. The molecule has 0 amide bonds. The van der Waals surface area contributed by atoms with Gasteiger partial charge in [0.25, 0.3) is 0 Å². The second kappa shape index (κ2) is 4.29. The van der Waals surface area contributed by atoms with Crippen LogP contribution >= 0.6 is 0 Å². The summed E-state index contributed by atoms with van der Waals surface area (Å²) in [4.78, 5) is 3.86. The number of hydrogen-bond acceptors (Lipinski definition) is 4. The van der Waals surface area contributed by atoms with Crippen LogP contribution < -0.4 is 16.2 Å². The van der Waals surface area contributed by atoms with E-state index < -0.39 is 5.82 Å². The van der Waals surface area contributed by atoms with E-state index in [1.807, 2.05) is 0 Å². The Bertz CT molecular complexity index is 557. The first-order valence-corrected chi connectivity index (χ1v) is 4.96. The number of halogens is 1. The number of hydrogen-bond donors (Lipinski definition) is 2. The number of anilines is 2. The van der Waals surface area contributed by atoms with E-state index in [4.69, 9.17) is 16.2 Å². The van der Waals surface area contributed by atoms with Crippen molar-refractivity contribution < 1.29 is 9.13 Å². The Kier molecular flexibility index (Phi) is 2.82. The monoisotopic (exact) mass is 233 g/mol. The average molecular weight is 233 g/mol. The van der Waals surface area contributed by atoms with Crippen LogP contribution in [0.1, 0.15) is 0 Å². The highest BCUT2D eigenvalue weighted by molar-refractivity contribution is 5.82. The number of nitrogens with zero attached hydrogens (tertiary/aromatic N) is 1. The predicted molar refractivity (Wildman–Crippen MR) is 65.0 cm³/mol. The molecule has 1 aromatic carbocycles. The van der Waals surface area contributed by atoms with Gasteiger partial charge in [0.1, 0.15) is 17.4 Å². The molecule has 2 rings (SSSR count). The molecule has 0 aliphatic rings. The zero-order chi connectivity index (χ0) is 12.4. The van der Waals surface area contributed by atoms with Crippen molar-refractivity contribution in [3.8, 4) is 16.9 Å². The predicted octanol–water partition coefficient (Wildman–Crippen LogP) is 2.06. The van der Waals surface area contributed by atoms with Crippen LogP contribution in [0, 0.1) is 5.82 Å². The summed E-state index contributed by atoms with van der Waals surface area (Å²) < 4.78 is 18.4. The molecule has 0 fully saturated rings. The second-order valence-corrected chi connectivity index (χ2v) is 3.54. The number of benzene rings is 1. The zero-order valence-corrected chi connectivity index (χ0v) is 9.27. The standard InChI is InChI=1S/C12H12FN3O/c1-17-9-5-7(4-8(13)6-9)10-2-3-16-12(15)11(10)14/h2-6H,14H2,1H3,(H2,15,16). The Labute approximate surface area is 98.0 Å². The maximum Gasteiger partial charge on any atom is 0.147 e. The first-order valence-electron chi connectivity index (χ1n) is 4.96. The van der Waals surface area contributed by atoms with Gasteiger partial charge in [0.15, 0.2) is 0 Å². The summed E-state index contributed by atoms with van der Waals surface area (Å²) in [7, 11) is 1.48. The number of nitrogens with two attached hydrogens (primary N) is 2. The molecule has 1 aromatic heterocycles. The summed E-state index contributed by atoms with van der Waals surface area (Å²) in [5.41, 5.74) is 13.0. The lowest BCUT2D eigenvalue weighted by molar-refractivity contribution is 0.411. The van der Waals surface area contributed by atoms with Crippen LogP contribution in [0.4, 0.5) is 15.9 Å². The van der Waals surface area contributed by atoms with Crippen molar-refractivity contribution in [1.82, 2.24) is 4.98 Å². The lowest BCUT2D eigenvalue weighted by Crippen LogP contribution is -1.99. The Morgan fingerprint density at radius 1 is 1.24 bits per heavy atom. The first kappa shape index (κ1) is 11.2. The lowest BCUT2D eigenvalue weighted by Gasteiger charge is -2.09. The van der Waals surface area contributed by atoms with Crippen LogP contribution in [-0.4, -0.2) is 12.1 Å². The Hall–Kier alpha value is -2.30. The molecule has 4 nitrogen and oxygen atoms in total. The minimum absolute atomic E-state index is 0.228. The van der Waals surface area contributed by atoms with Crippen LogP contribution in [-0.2, 0) is 0 Å². The van der Waals surface area contributed by atoms with Crippen LogP contribution in [0.5, 0.6) is 5.75 Å². The van der Waals surface area contributed by atoms with Gasteiger partial charge in [-0.25, -0.2) is 9.37 Å². The van der Waals surface area contributed by atoms with Crippen LogP contribution in [0.15, 0.2) is 30.5 Å². The Balaban J connectivity index is 2.60. The molecule has 0 aliphatic carbocycles. The third kappa shape index (κ3) is 2.13. The van der Waals surface area contributed by atoms with E-state index in [0.717, 1.165) is 0 Å². The Morgan fingerprint density at radius 2 is 2.00 bits per heavy atom. The topological polar surface area (TPSA) is 74.2 Å². The SMILES string of the molecule is COc1cc(F)cc(-c2ccnc(N)c2N)c1. The molecule has 0 unspecified atom stereocenters. The lowest BCUT2D eigenvalue weighted by atomic mass is 10.0. The van der Waals surface area contributed by atoms with E-state index in [9.17, 15) is 4.39 Å². The van der Waals surface area contributed by atoms with Gasteiger partial charge in [-0.1, -0.05) is 0 Å². The van der Waals surface area contributed by atoms with Crippen molar-refractivity contribution in [2.45, 2.75) is 0 Å². The summed E-state index contributed by atoms with van der Waals surface area (Å²) in [6, 6.07) is 6.03. The highest BCUT2D eigenvalue weighted by atomic mass is 19.1. The van der Waals surface area contributed by atoms with E-state index in [0.29, 0.717) is 22.6 Å².